The van der Waals surface area contributed by atoms with E-state index in [1.165, 1.54) is 0 Å². The first-order valence-corrected chi connectivity index (χ1v) is 7.18. The molecular formula is C16H23NO2. The predicted octanol–water partition coefficient (Wildman–Crippen LogP) is 3.12. The van der Waals surface area contributed by atoms with Gasteiger partial charge in [-0.1, -0.05) is 18.2 Å². The Balaban J connectivity index is 1.87. The summed E-state index contributed by atoms with van der Waals surface area (Å²) in [5.41, 5.74) is 2.02. The summed E-state index contributed by atoms with van der Waals surface area (Å²) in [7, 11) is 0. The molecule has 1 aromatic carbocycles. The highest BCUT2D eigenvalue weighted by Crippen LogP contribution is 2.31. The van der Waals surface area contributed by atoms with Gasteiger partial charge < -0.3 is 10.4 Å². The molecular weight excluding hydrogens is 238 g/mol. The summed E-state index contributed by atoms with van der Waals surface area (Å²) in [6.45, 7) is 2.28. The fraction of sp³-hybridized carbons (Fsp3) is 0.562. The lowest BCUT2D eigenvalue weighted by atomic mass is 9.80. The molecule has 0 unspecified atom stereocenters. The van der Waals surface area contributed by atoms with Gasteiger partial charge >= 0.3 is 0 Å². The third kappa shape index (κ3) is 3.80. The second-order valence-corrected chi connectivity index (χ2v) is 5.53. The summed E-state index contributed by atoms with van der Waals surface area (Å²) < 4.78 is 0. The molecule has 1 aliphatic rings. The Morgan fingerprint density at radius 1 is 1.26 bits per heavy atom. The molecule has 0 atom stereocenters. The third-order valence-corrected chi connectivity index (χ3v) is 4.16. The van der Waals surface area contributed by atoms with E-state index in [0.29, 0.717) is 5.92 Å². The van der Waals surface area contributed by atoms with Gasteiger partial charge in [0.1, 0.15) is 0 Å². The molecule has 2 rings (SSSR count). The minimum Gasteiger partial charge on any atom is -0.396 e. The van der Waals surface area contributed by atoms with Crippen LogP contribution in [0.2, 0.25) is 0 Å². The van der Waals surface area contributed by atoms with Crippen molar-refractivity contribution in [2.75, 3.05) is 11.9 Å². The molecule has 1 fully saturated rings. The SMILES string of the molecule is Cc1ccccc1NC(=O)C1CCC(CCO)CC1. The van der Waals surface area contributed by atoms with Crippen LogP contribution < -0.4 is 5.32 Å². The van der Waals surface area contributed by atoms with Gasteiger partial charge in [0, 0.05) is 18.2 Å². The van der Waals surface area contributed by atoms with E-state index in [4.69, 9.17) is 5.11 Å². The van der Waals surface area contributed by atoms with Crippen molar-refractivity contribution in [1.82, 2.24) is 0 Å². The summed E-state index contributed by atoms with van der Waals surface area (Å²) in [5.74, 6) is 0.888. The minimum atomic E-state index is 0.134. The van der Waals surface area contributed by atoms with E-state index in [1.807, 2.05) is 31.2 Å². The number of hydrogen-bond donors (Lipinski definition) is 2. The molecule has 3 nitrogen and oxygen atoms in total. The number of hydrogen-bond acceptors (Lipinski definition) is 2. The number of rotatable bonds is 4. The monoisotopic (exact) mass is 261 g/mol. The molecule has 1 aromatic rings. The Morgan fingerprint density at radius 2 is 1.95 bits per heavy atom. The van der Waals surface area contributed by atoms with E-state index in [-0.39, 0.29) is 18.4 Å². The van der Waals surface area contributed by atoms with Crippen molar-refractivity contribution in [1.29, 1.82) is 0 Å². The Hall–Kier alpha value is -1.35. The number of carbonyl (C=O) groups excluding carboxylic acids is 1. The van der Waals surface area contributed by atoms with Gasteiger partial charge in [-0.05, 0) is 56.6 Å². The molecule has 0 aromatic heterocycles. The first-order chi connectivity index (χ1) is 9.20. The van der Waals surface area contributed by atoms with Gasteiger partial charge in [-0.3, -0.25) is 4.79 Å². The highest BCUT2D eigenvalue weighted by molar-refractivity contribution is 5.93. The molecule has 0 heterocycles. The lowest BCUT2D eigenvalue weighted by molar-refractivity contribution is -0.121. The molecule has 2 N–H and O–H groups in total. The molecule has 104 valence electrons. The van der Waals surface area contributed by atoms with Crippen LogP contribution >= 0.6 is 0 Å². The Morgan fingerprint density at radius 3 is 2.58 bits per heavy atom. The molecule has 1 aliphatic carbocycles. The van der Waals surface area contributed by atoms with Crippen LogP contribution in [-0.2, 0) is 4.79 Å². The van der Waals surface area contributed by atoms with Crippen molar-refractivity contribution in [2.24, 2.45) is 11.8 Å². The fourth-order valence-corrected chi connectivity index (χ4v) is 2.84. The average molecular weight is 261 g/mol. The zero-order chi connectivity index (χ0) is 13.7. The first-order valence-electron chi connectivity index (χ1n) is 7.18. The van der Waals surface area contributed by atoms with Crippen LogP contribution in [0.4, 0.5) is 5.69 Å². The maximum Gasteiger partial charge on any atom is 0.227 e. The predicted molar refractivity (Wildman–Crippen MR) is 77.0 cm³/mol. The third-order valence-electron chi connectivity index (χ3n) is 4.16. The van der Waals surface area contributed by atoms with Crippen molar-refractivity contribution in [3.05, 3.63) is 29.8 Å². The van der Waals surface area contributed by atoms with E-state index >= 15 is 0 Å². The summed E-state index contributed by atoms with van der Waals surface area (Å²) in [6, 6.07) is 7.88. The van der Waals surface area contributed by atoms with E-state index < -0.39 is 0 Å². The number of aryl methyl sites for hydroxylation is 1. The van der Waals surface area contributed by atoms with E-state index in [1.54, 1.807) is 0 Å². The van der Waals surface area contributed by atoms with E-state index in [0.717, 1.165) is 43.4 Å². The highest BCUT2D eigenvalue weighted by Gasteiger charge is 2.26. The molecule has 0 radical (unpaired) electrons. The number of nitrogens with one attached hydrogen (secondary N) is 1. The Labute approximate surface area is 115 Å². The standard InChI is InChI=1S/C16H23NO2/c1-12-4-2-3-5-15(12)17-16(19)14-8-6-13(7-9-14)10-11-18/h2-5,13-14,18H,6-11H2,1H3,(H,17,19). The number of aliphatic hydroxyl groups excluding tert-OH is 1. The van der Waals surface area contributed by atoms with Crippen LogP contribution in [0.25, 0.3) is 0 Å². The van der Waals surface area contributed by atoms with Crippen molar-refractivity contribution < 1.29 is 9.90 Å². The van der Waals surface area contributed by atoms with Gasteiger partial charge in [0.25, 0.3) is 0 Å². The quantitative estimate of drug-likeness (QED) is 0.875. The first kappa shape index (κ1) is 14.1. The van der Waals surface area contributed by atoms with Crippen LogP contribution in [0.1, 0.15) is 37.7 Å². The number of carbonyl (C=O) groups is 1. The maximum atomic E-state index is 12.2. The van der Waals surface area contributed by atoms with Gasteiger partial charge in [0.05, 0.1) is 0 Å². The van der Waals surface area contributed by atoms with Gasteiger partial charge in [-0.2, -0.15) is 0 Å². The van der Waals surface area contributed by atoms with Crippen LogP contribution in [0.15, 0.2) is 24.3 Å². The fourth-order valence-electron chi connectivity index (χ4n) is 2.84. The Bertz CT molecular complexity index is 423. The summed E-state index contributed by atoms with van der Waals surface area (Å²) in [6.07, 6.45) is 4.90. The molecule has 19 heavy (non-hydrogen) atoms. The molecule has 1 saturated carbocycles. The number of para-hydroxylation sites is 1. The van der Waals surface area contributed by atoms with Crippen LogP contribution in [0.5, 0.6) is 0 Å². The van der Waals surface area contributed by atoms with E-state index in [2.05, 4.69) is 5.32 Å². The molecule has 3 heteroatoms. The Kier molecular flexibility index (Phi) is 4.97. The minimum absolute atomic E-state index is 0.134. The molecule has 1 amide bonds. The largest absolute Gasteiger partial charge is 0.396 e. The van der Waals surface area contributed by atoms with Crippen molar-refractivity contribution in [3.8, 4) is 0 Å². The van der Waals surface area contributed by atoms with Crippen molar-refractivity contribution in [2.45, 2.75) is 39.0 Å². The average Bonchev–Trinajstić information content (AvgIpc) is 2.42. The maximum absolute atomic E-state index is 12.2. The zero-order valence-corrected chi connectivity index (χ0v) is 11.6. The second kappa shape index (κ2) is 6.71. The summed E-state index contributed by atoms with van der Waals surface area (Å²) in [4.78, 5) is 12.2. The van der Waals surface area contributed by atoms with Gasteiger partial charge in [-0.25, -0.2) is 0 Å². The number of anilines is 1. The van der Waals surface area contributed by atoms with Gasteiger partial charge in [-0.15, -0.1) is 0 Å². The summed E-state index contributed by atoms with van der Waals surface area (Å²) in [5, 5.41) is 12.0. The van der Waals surface area contributed by atoms with Gasteiger partial charge in [0.2, 0.25) is 5.91 Å². The molecule has 0 aliphatic heterocycles. The smallest absolute Gasteiger partial charge is 0.227 e. The highest BCUT2D eigenvalue weighted by atomic mass is 16.3. The van der Waals surface area contributed by atoms with Crippen LogP contribution in [0.3, 0.4) is 0 Å². The van der Waals surface area contributed by atoms with Crippen molar-refractivity contribution >= 4 is 11.6 Å². The number of benzene rings is 1. The number of amides is 1. The molecule has 0 bridgehead atoms. The lowest BCUT2D eigenvalue weighted by Crippen LogP contribution is -2.27. The second-order valence-electron chi connectivity index (χ2n) is 5.53. The number of aliphatic hydroxyl groups is 1. The van der Waals surface area contributed by atoms with Gasteiger partial charge in [0.15, 0.2) is 0 Å². The summed E-state index contributed by atoms with van der Waals surface area (Å²) >= 11 is 0. The van der Waals surface area contributed by atoms with Crippen molar-refractivity contribution in [3.63, 3.8) is 0 Å². The molecule has 0 saturated heterocycles. The topological polar surface area (TPSA) is 49.3 Å². The normalized spacial score (nSPS) is 23.1. The van der Waals surface area contributed by atoms with E-state index in [9.17, 15) is 4.79 Å². The van der Waals surface area contributed by atoms with Crippen LogP contribution in [0, 0.1) is 18.8 Å². The lowest BCUT2D eigenvalue weighted by Gasteiger charge is -2.27. The zero-order valence-electron chi connectivity index (χ0n) is 11.6. The van der Waals surface area contributed by atoms with Crippen LogP contribution in [-0.4, -0.2) is 17.6 Å². The molecule has 0 spiro atoms.